The lowest BCUT2D eigenvalue weighted by molar-refractivity contribution is -0.135. The molecular weight excluding hydrogens is 443 g/mol. The molecule has 31 heavy (non-hydrogen) atoms. The Morgan fingerprint density at radius 3 is 2.58 bits per heavy atom. The van der Waals surface area contributed by atoms with Crippen LogP contribution in [0, 0.1) is 0 Å². The molecule has 0 aliphatic heterocycles. The maximum absolute atomic E-state index is 12.0. The minimum Gasteiger partial charge on any atom is -0.480 e. The van der Waals surface area contributed by atoms with Crippen LogP contribution in [0.4, 0.5) is 0 Å². The van der Waals surface area contributed by atoms with Gasteiger partial charge in [-0.05, 0) is 36.4 Å². The number of carbonyl (C=O) groups excluding carboxylic acids is 1. The predicted molar refractivity (Wildman–Crippen MR) is 117 cm³/mol. The number of fused-ring (bicyclic) bond motifs is 1. The second-order valence-electron chi connectivity index (χ2n) is 6.72. The second kappa shape index (κ2) is 8.33. The summed E-state index contributed by atoms with van der Waals surface area (Å²) in [5.74, 6) is -0.381. The van der Waals surface area contributed by atoms with Gasteiger partial charge < -0.3 is 24.7 Å². The average molecular weight is 459 g/mol. The number of H-pyrrole nitrogens is 1. The third kappa shape index (κ3) is 4.35. The van der Waals surface area contributed by atoms with Crippen LogP contribution in [0.25, 0.3) is 22.6 Å². The van der Waals surface area contributed by atoms with Gasteiger partial charge in [0.2, 0.25) is 0 Å². The number of aryl methyl sites for hydroxylation is 1. The monoisotopic (exact) mass is 458 g/mol. The molecule has 0 bridgehead atoms. The van der Waals surface area contributed by atoms with E-state index in [2.05, 4.69) is 15.3 Å². The van der Waals surface area contributed by atoms with Crippen molar-refractivity contribution in [3.05, 3.63) is 64.3 Å². The molecule has 0 aliphatic rings. The van der Waals surface area contributed by atoms with Gasteiger partial charge in [-0.2, -0.15) is 0 Å². The summed E-state index contributed by atoms with van der Waals surface area (Å²) < 4.78 is 7.82. The Hall–Kier alpha value is -3.49. The Bertz CT molecular complexity index is 1290. The number of aromatic amines is 1. The lowest BCUT2D eigenvalue weighted by atomic mass is 10.2. The first kappa shape index (κ1) is 20.8. The Kier molecular flexibility index (Phi) is 5.58. The van der Waals surface area contributed by atoms with Gasteiger partial charge in [-0.3, -0.25) is 9.59 Å². The number of aromatic nitrogens is 3. The largest absolute Gasteiger partial charge is 0.480 e. The number of carboxylic acid groups (broad SMARTS) is 1. The first-order chi connectivity index (χ1) is 14.8. The molecule has 0 fully saturated rings. The lowest BCUT2D eigenvalue weighted by Crippen LogP contribution is -2.29. The van der Waals surface area contributed by atoms with Crippen molar-refractivity contribution < 1.29 is 19.4 Å². The van der Waals surface area contributed by atoms with Crippen molar-refractivity contribution >= 4 is 46.1 Å². The van der Waals surface area contributed by atoms with E-state index in [1.807, 2.05) is 36.0 Å². The number of halogens is 2. The highest BCUT2D eigenvalue weighted by Gasteiger charge is 2.16. The van der Waals surface area contributed by atoms with Gasteiger partial charge in [0, 0.05) is 24.9 Å². The molecule has 0 unspecified atom stereocenters. The lowest BCUT2D eigenvalue weighted by Gasteiger charge is -2.11. The Labute approximate surface area is 186 Å². The van der Waals surface area contributed by atoms with Crippen molar-refractivity contribution in [1.82, 2.24) is 19.9 Å². The van der Waals surface area contributed by atoms with Crippen molar-refractivity contribution in [2.75, 3.05) is 6.54 Å². The second-order valence-corrected chi connectivity index (χ2v) is 7.53. The quantitative estimate of drug-likeness (QED) is 0.394. The Morgan fingerprint density at radius 2 is 1.94 bits per heavy atom. The summed E-state index contributed by atoms with van der Waals surface area (Å²) in [7, 11) is 1.94. The van der Waals surface area contributed by atoms with E-state index in [0.29, 0.717) is 5.75 Å². The minimum absolute atomic E-state index is 0.113. The van der Waals surface area contributed by atoms with Gasteiger partial charge in [0.25, 0.3) is 5.91 Å². The maximum atomic E-state index is 12.0. The molecular formula is C21H16Cl2N4O4. The fourth-order valence-electron chi connectivity index (χ4n) is 3.04. The van der Waals surface area contributed by atoms with Crippen molar-refractivity contribution in [3.63, 3.8) is 0 Å². The van der Waals surface area contributed by atoms with Crippen LogP contribution < -0.4 is 10.1 Å². The number of aliphatic carboxylic acids is 1. The van der Waals surface area contributed by atoms with Crippen LogP contribution >= 0.6 is 23.2 Å². The summed E-state index contributed by atoms with van der Waals surface area (Å²) in [5, 5.41) is 11.2. The molecule has 0 saturated heterocycles. The van der Waals surface area contributed by atoms with Crippen LogP contribution in [-0.2, 0) is 11.8 Å². The Balaban J connectivity index is 1.59. The Morgan fingerprint density at radius 1 is 1.19 bits per heavy atom. The van der Waals surface area contributed by atoms with Gasteiger partial charge in [0.05, 0.1) is 26.8 Å². The third-order valence-electron chi connectivity index (χ3n) is 4.52. The smallest absolute Gasteiger partial charge is 0.322 e. The van der Waals surface area contributed by atoms with E-state index < -0.39 is 18.4 Å². The molecule has 10 heteroatoms. The molecule has 4 aromatic rings. The summed E-state index contributed by atoms with van der Waals surface area (Å²) >= 11 is 12.5. The number of rotatable bonds is 6. The van der Waals surface area contributed by atoms with Crippen LogP contribution in [-0.4, -0.2) is 38.1 Å². The minimum atomic E-state index is -1.16. The number of amides is 1. The fourth-order valence-corrected chi connectivity index (χ4v) is 3.61. The van der Waals surface area contributed by atoms with Crippen LogP contribution in [0.2, 0.25) is 10.0 Å². The van der Waals surface area contributed by atoms with Crippen molar-refractivity contribution in [2.45, 2.75) is 0 Å². The molecule has 2 aromatic carbocycles. The summed E-state index contributed by atoms with van der Waals surface area (Å²) in [6.07, 6.45) is 1.94. The molecule has 8 nitrogen and oxygen atoms in total. The first-order valence-electron chi connectivity index (χ1n) is 9.10. The molecule has 4 rings (SSSR count). The highest BCUT2D eigenvalue weighted by Crippen LogP contribution is 2.38. The van der Waals surface area contributed by atoms with E-state index >= 15 is 0 Å². The zero-order valence-corrected chi connectivity index (χ0v) is 17.7. The van der Waals surface area contributed by atoms with Crippen LogP contribution in [0.5, 0.6) is 11.5 Å². The molecule has 0 aliphatic carbocycles. The van der Waals surface area contributed by atoms with Crippen LogP contribution in [0.1, 0.15) is 10.4 Å². The van der Waals surface area contributed by atoms with E-state index in [9.17, 15) is 9.59 Å². The third-order valence-corrected chi connectivity index (χ3v) is 5.08. The summed E-state index contributed by atoms with van der Waals surface area (Å²) in [5.41, 5.74) is 2.61. The molecule has 0 atom stereocenters. The molecule has 0 spiro atoms. The average Bonchev–Trinajstić information content (AvgIpc) is 3.33. The standard InChI is InChI=1S/C21H16Cl2N4O4/c1-27-6-2-3-17(27)20-25-15-5-4-12(9-16(15)26-20)31-19-13(22)7-11(8-14(19)23)21(30)24-10-18(28)29/h2-9H,10H2,1H3,(H,24,30)(H,25,26)(H,28,29). The number of nitrogens with zero attached hydrogens (tertiary/aromatic N) is 2. The molecule has 0 radical (unpaired) electrons. The first-order valence-corrected chi connectivity index (χ1v) is 9.86. The summed E-state index contributed by atoms with van der Waals surface area (Å²) in [6, 6.07) is 11.9. The summed E-state index contributed by atoms with van der Waals surface area (Å²) in [6.45, 7) is -0.513. The number of imidazole rings is 1. The zero-order valence-electron chi connectivity index (χ0n) is 16.1. The van der Waals surface area contributed by atoms with Gasteiger partial charge in [-0.15, -0.1) is 0 Å². The maximum Gasteiger partial charge on any atom is 0.322 e. The topological polar surface area (TPSA) is 109 Å². The number of benzene rings is 2. The number of nitrogens with one attached hydrogen (secondary N) is 2. The van der Waals surface area contributed by atoms with Crippen molar-refractivity contribution in [1.29, 1.82) is 0 Å². The van der Waals surface area contributed by atoms with Crippen molar-refractivity contribution in [2.24, 2.45) is 7.05 Å². The zero-order chi connectivity index (χ0) is 22.1. The molecule has 1 amide bonds. The van der Waals surface area contributed by atoms with Crippen LogP contribution in [0.3, 0.4) is 0 Å². The van der Waals surface area contributed by atoms with E-state index in [1.165, 1.54) is 12.1 Å². The van der Waals surface area contributed by atoms with Gasteiger partial charge in [-0.1, -0.05) is 23.2 Å². The molecule has 3 N–H and O–H groups in total. The molecule has 158 valence electrons. The molecule has 2 heterocycles. The van der Waals surface area contributed by atoms with E-state index in [0.717, 1.165) is 22.6 Å². The van der Waals surface area contributed by atoms with Gasteiger partial charge >= 0.3 is 5.97 Å². The van der Waals surface area contributed by atoms with Crippen molar-refractivity contribution in [3.8, 4) is 23.0 Å². The number of ether oxygens (including phenoxy) is 1. The number of hydrogen-bond donors (Lipinski definition) is 3. The molecule has 0 saturated carbocycles. The van der Waals surface area contributed by atoms with Crippen LogP contribution in [0.15, 0.2) is 48.7 Å². The molecule has 2 aromatic heterocycles. The van der Waals surface area contributed by atoms with E-state index in [-0.39, 0.29) is 21.4 Å². The number of carboxylic acids is 1. The van der Waals surface area contributed by atoms with E-state index in [4.69, 9.17) is 33.0 Å². The summed E-state index contributed by atoms with van der Waals surface area (Å²) in [4.78, 5) is 30.5. The number of hydrogen-bond acceptors (Lipinski definition) is 4. The highest BCUT2D eigenvalue weighted by atomic mass is 35.5. The van der Waals surface area contributed by atoms with Gasteiger partial charge in [0.1, 0.15) is 12.3 Å². The van der Waals surface area contributed by atoms with Gasteiger partial charge in [-0.25, -0.2) is 4.98 Å². The number of carbonyl (C=O) groups is 2. The van der Waals surface area contributed by atoms with Gasteiger partial charge in [0.15, 0.2) is 11.6 Å². The normalized spacial score (nSPS) is 10.9. The highest BCUT2D eigenvalue weighted by molar-refractivity contribution is 6.37. The predicted octanol–water partition coefficient (Wildman–Crippen LogP) is 4.48. The SMILES string of the molecule is Cn1cccc1-c1nc2ccc(Oc3c(Cl)cc(C(=O)NCC(=O)O)cc3Cl)cc2[nH]1. The van der Waals surface area contributed by atoms with E-state index in [1.54, 1.807) is 12.1 Å². The fraction of sp³-hybridized carbons (Fsp3) is 0.0952.